The first-order chi connectivity index (χ1) is 34.3. The predicted octanol–water partition coefficient (Wildman–Crippen LogP) is 4.32. The third kappa shape index (κ3) is 15.2. The van der Waals surface area contributed by atoms with Crippen LogP contribution in [0.5, 0.6) is 0 Å². The number of nitrogens with zero attached hydrogens (tertiary/aromatic N) is 10. The van der Waals surface area contributed by atoms with Gasteiger partial charge in [-0.2, -0.15) is 10.4 Å². The monoisotopic (exact) mass is 965 g/mol. The number of tetrazole rings is 2. The van der Waals surface area contributed by atoms with Gasteiger partial charge in [-0.1, -0.05) is 79.7 Å². The van der Waals surface area contributed by atoms with Crippen molar-refractivity contribution in [2.24, 2.45) is 5.73 Å². The number of nitrogens with one attached hydrogen (secondary N) is 6. The Morgan fingerprint density at radius 3 is 1.18 bits per heavy atom. The zero-order valence-electron chi connectivity index (χ0n) is 38.2. The second kappa shape index (κ2) is 25.0. The highest BCUT2D eigenvalue weighted by atomic mass is 19.1. The Morgan fingerprint density at radius 1 is 0.535 bits per heavy atom. The Balaban J connectivity index is 0.000000212. The molecule has 8 aromatic rings. The van der Waals surface area contributed by atoms with Gasteiger partial charge < -0.3 is 27.0 Å². The molecule has 5 amide bonds. The molecule has 4 aromatic heterocycles. The summed E-state index contributed by atoms with van der Waals surface area (Å²) >= 11 is 0. The predicted molar refractivity (Wildman–Crippen MR) is 250 cm³/mol. The summed E-state index contributed by atoms with van der Waals surface area (Å²) in [6.07, 6.45) is 2.76. The maximum absolute atomic E-state index is 13.0. The summed E-state index contributed by atoms with van der Waals surface area (Å²) in [6, 6.07) is 28.3. The van der Waals surface area contributed by atoms with Gasteiger partial charge in [-0.25, -0.2) is 28.7 Å². The zero-order chi connectivity index (χ0) is 50.7. The minimum Gasteiger partial charge on any atom is -0.370 e. The van der Waals surface area contributed by atoms with Crippen molar-refractivity contribution >= 4 is 29.5 Å². The van der Waals surface area contributed by atoms with Crippen LogP contribution in [-0.2, 0) is 17.9 Å². The third-order valence-electron chi connectivity index (χ3n) is 10.1. The van der Waals surface area contributed by atoms with Gasteiger partial charge >= 0.3 is 0 Å². The van der Waals surface area contributed by atoms with Crippen LogP contribution in [0.1, 0.15) is 103 Å². The fourth-order valence-electron chi connectivity index (χ4n) is 6.08. The van der Waals surface area contributed by atoms with E-state index in [-0.39, 0.29) is 65.5 Å². The fraction of sp³-hybridized carbons (Fsp3) is 0.170. The SMILES string of the molecule is CCC(N)=O.C[C@H](NC(=O)c1cc(C(=O)NCc2ccc(F)cc2)ncn1)c1ccc(-c2nn[nH]n2)cc1.C[C@H](NC(=O)c1cc(C(=O)NCc2ccc(F)cc2)ncn1)c1ccc(-c2nn[nH]n2)cc1. The van der Waals surface area contributed by atoms with Gasteiger partial charge in [-0.15, -0.1) is 20.4 Å². The first-order valence-electron chi connectivity index (χ1n) is 21.5. The van der Waals surface area contributed by atoms with Crippen LogP contribution in [-0.4, -0.2) is 90.7 Å². The van der Waals surface area contributed by atoms with Crippen molar-refractivity contribution < 1.29 is 32.8 Å². The molecule has 8 rings (SSSR count). The van der Waals surface area contributed by atoms with E-state index in [2.05, 4.69) is 88.2 Å². The number of primary amides is 1. The number of carbonyl (C=O) groups is 5. The van der Waals surface area contributed by atoms with Gasteiger partial charge in [0.1, 0.15) is 47.1 Å². The molecule has 0 saturated heterocycles. The molecule has 4 aromatic carbocycles. The summed E-state index contributed by atoms with van der Waals surface area (Å²) < 4.78 is 26.0. The molecule has 0 fully saturated rings. The molecule has 0 spiro atoms. The third-order valence-corrected chi connectivity index (χ3v) is 10.1. The summed E-state index contributed by atoms with van der Waals surface area (Å²) in [5.41, 5.74) is 9.65. The lowest BCUT2D eigenvalue weighted by atomic mass is 10.1. The van der Waals surface area contributed by atoms with E-state index in [1.807, 2.05) is 62.4 Å². The summed E-state index contributed by atoms with van der Waals surface area (Å²) in [5, 5.41) is 38.6. The van der Waals surface area contributed by atoms with Crippen LogP contribution >= 0.6 is 0 Å². The van der Waals surface area contributed by atoms with Crippen LogP contribution in [0.4, 0.5) is 8.78 Å². The van der Waals surface area contributed by atoms with Crippen LogP contribution in [0.25, 0.3) is 22.8 Å². The Hall–Kier alpha value is -9.61. The Morgan fingerprint density at radius 2 is 0.873 bits per heavy atom. The molecule has 0 bridgehead atoms. The molecule has 0 aliphatic carbocycles. The van der Waals surface area contributed by atoms with Gasteiger partial charge in [0.05, 0.1) is 12.1 Å². The van der Waals surface area contributed by atoms with Gasteiger partial charge in [0.15, 0.2) is 0 Å². The number of amides is 5. The van der Waals surface area contributed by atoms with E-state index in [4.69, 9.17) is 0 Å². The molecule has 0 unspecified atom stereocenters. The molecule has 0 aliphatic rings. The number of benzene rings is 4. The number of H-pyrrole nitrogens is 2. The largest absolute Gasteiger partial charge is 0.370 e. The molecule has 71 heavy (non-hydrogen) atoms. The highest BCUT2D eigenvalue weighted by Gasteiger charge is 2.18. The number of nitrogens with two attached hydrogens (primary N) is 1. The van der Waals surface area contributed by atoms with Crippen LogP contribution in [0, 0.1) is 11.6 Å². The number of hydrogen-bond acceptors (Lipinski definition) is 15. The Labute approximate surface area is 403 Å². The standard InChI is InChI=1S/2C22H19FN8O2.C3H7NO/c2*1-13(15-4-6-16(7-5-15)20-28-30-31-29-20)27-22(33)19-10-18(25-12-26-19)21(32)24-11-14-2-8-17(23)9-3-14;1-2-3(4)5/h2*2-10,12-13H,11H2,1H3,(H,24,32)(H,27,33)(H,28,29,30,31);2H2,1H3,(H2,4,5)/t2*13-;/m00./s1. The van der Waals surface area contributed by atoms with Crippen molar-refractivity contribution in [3.05, 3.63) is 179 Å². The molecule has 4 heterocycles. The minimum atomic E-state index is -0.471. The van der Waals surface area contributed by atoms with Gasteiger partial charge in [-0.3, -0.25) is 24.0 Å². The normalized spacial score (nSPS) is 11.3. The van der Waals surface area contributed by atoms with Crippen molar-refractivity contribution in [1.29, 1.82) is 0 Å². The smallest absolute Gasteiger partial charge is 0.270 e. The van der Waals surface area contributed by atoms with E-state index < -0.39 is 23.6 Å². The first-order valence-corrected chi connectivity index (χ1v) is 21.5. The average Bonchev–Trinajstić information content (AvgIpc) is 4.16. The topological polar surface area (TPSA) is 320 Å². The zero-order valence-corrected chi connectivity index (χ0v) is 38.2. The van der Waals surface area contributed by atoms with Crippen molar-refractivity contribution in [1.82, 2.24) is 82.5 Å². The molecule has 0 radical (unpaired) electrons. The van der Waals surface area contributed by atoms with E-state index in [9.17, 15) is 32.8 Å². The quantitative estimate of drug-likeness (QED) is 0.0753. The summed E-state index contributed by atoms with van der Waals surface area (Å²) in [6.45, 7) is 5.78. The lowest BCUT2D eigenvalue weighted by molar-refractivity contribution is -0.117. The number of halogens is 2. The molecular formula is C47H45F2N17O5. The van der Waals surface area contributed by atoms with Crippen LogP contribution in [0.15, 0.2) is 122 Å². The van der Waals surface area contributed by atoms with E-state index in [0.29, 0.717) is 18.1 Å². The van der Waals surface area contributed by atoms with E-state index in [1.165, 1.54) is 36.4 Å². The molecule has 362 valence electrons. The van der Waals surface area contributed by atoms with E-state index in [0.717, 1.165) is 46.0 Å². The summed E-state index contributed by atoms with van der Waals surface area (Å²) in [5.74, 6) is -1.83. The molecule has 2 atom stereocenters. The summed E-state index contributed by atoms with van der Waals surface area (Å²) in [7, 11) is 0. The molecule has 0 saturated carbocycles. The number of rotatable bonds is 15. The lowest BCUT2D eigenvalue weighted by Crippen LogP contribution is -2.29. The van der Waals surface area contributed by atoms with Crippen molar-refractivity contribution in [2.75, 3.05) is 0 Å². The molecule has 8 N–H and O–H groups in total. The Kier molecular flexibility index (Phi) is 17.9. The maximum Gasteiger partial charge on any atom is 0.270 e. The van der Waals surface area contributed by atoms with Crippen molar-refractivity contribution in [2.45, 2.75) is 52.4 Å². The number of aromatic amines is 2. The highest BCUT2D eigenvalue weighted by Crippen LogP contribution is 2.20. The van der Waals surface area contributed by atoms with E-state index >= 15 is 0 Å². The molecule has 22 nitrogen and oxygen atoms in total. The average molecular weight is 966 g/mol. The first kappa shape index (κ1) is 50.8. The van der Waals surface area contributed by atoms with Crippen LogP contribution in [0.3, 0.4) is 0 Å². The second-order valence-corrected chi connectivity index (χ2v) is 15.1. The van der Waals surface area contributed by atoms with Gasteiger partial charge in [0, 0.05) is 42.8 Å². The second-order valence-electron chi connectivity index (χ2n) is 15.1. The lowest BCUT2D eigenvalue weighted by Gasteiger charge is -2.14. The fourth-order valence-corrected chi connectivity index (χ4v) is 6.08. The minimum absolute atomic E-state index is 0.0504. The van der Waals surface area contributed by atoms with Gasteiger partial charge in [0.2, 0.25) is 17.6 Å². The van der Waals surface area contributed by atoms with Crippen molar-refractivity contribution in [3.8, 4) is 22.8 Å². The van der Waals surface area contributed by atoms with Crippen LogP contribution < -0.4 is 27.0 Å². The number of carbonyl (C=O) groups excluding carboxylic acids is 5. The van der Waals surface area contributed by atoms with Gasteiger partial charge in [-0.05, 0) is 70.8 Å². The number of aromatic nitrogens is 12. The Bertz CT molecular complexity index is 2820. The maximum atomic E-state index is 13.0. The van der Waals surface area contributed by atoms with Gasteiger partial charge in [0.25, 0.3) is 23.6 Å². The number of hydrogen-bond donors (Lipinski definition) is 7. The molecular weight excluding hydrogens is 921 g/mol. The van der Waals surface area contributed by atoms with Crippen LogP contribution in [0.2, 0.25) is 0 Å². The summed E-state index contributed by atoms with van der Waals surface area (Å²) in [4.78, 5) is 75.6. The van der Waals surface area contributed by atoms with E-state index in [1.54, 1.807) is 31.2 Å². The van der Waals surface area contributed by atoms with Crippen molar-refractivity contribution in [3.63, 3.8) is 0 Å². The molecule has 0 aliphatic heterocycles. The molecule has 24 heteroatoms. The highest BCUT2D eigenvalue weighted by molar-refractivity contribution is 5.98.